The van der Waals surface area contributed by atoms with E-state index < -0.39 is 0 Å². The van der Waals surface area contributed by atoms with Gasteiger partial charge in [0.2, 0.25) is 11.8 Å². The number of hydrogen-bond donors (Lipinski definition) is 0. The minimum atomic E-state index is -0.355. The molecule has 1 aliphatic rings. The van der Waals surface area contributed by atoms with Gasteiger partial charge in [0, 0.05) is 18.7 Å². The maximum Gasteiger partial charge on any atom is 0.232 e. The first kappa shape index (κ1) is 18.0. The van der Waals surface area contributed by atoms with Gasteiger partial charge in [0.25, 0.3) is 0 Å². The summed E-state index contributed by atoms with van der Waals surface area (Å²) in [5, 5.41) is 0. The third kappa shape index (κ3) is 3.98. The molecule has 1 atom stereocenters. The smallest absolute Gasteiger partial charge is 0.232 e. The van der Waals surface area contributed by atoms with Crippen molar-refractivity contribution in [1.29, 1.82) is 0 Å². The van der Waals surface area contributed by atoms with Crippen LogP contribution in [-0.4, -0.2) is 23.3 Å². The van der Waals surface area contributed by atoms with Crippen LogP contribution in [0.1, 0.15) is 17.7 Å². The molecule has 28 heavy (non-hydrogen) atoms. The van der Waals surface area contributed by atoms with E-state index in [9.17, 15) is 9.59 Å². The molecule has 2 amide bonds. The third-order valence-electron chi connectivity index (χ3n) is 5.01. The highest BCUT2D eigenvalue weighted by Crippen LogP contribution is 2.26. The number of hydrogen-bond acceptors (Lipinski definition) is 3. The van der Waals surface area contributed by atoms with E-state index in [1.165, 1.54) is 0 Å². The number of carbonyl (C=O) groups excluding carboxylic acids is 2. The third-order valence-corrected chi connectivity index (χ3v) is 5.01. The molecule has 1 aromatic heterocycles. The monoisotopic (exact) mass is 374 g/mol. The molecule has 0 aliphatic carbocycles. The molecule has 1 saturated heterocycles. The number of carbonyl (C=O) groups is 2. The van der Waals surface area contributed by atoms with Crippen LogP contribution < -0.4 is 4.90 Å². The summed E-state index contributed by atoms with van der Waals surface area (Å²) >= 11 is 0. The average molecular weight is 374 g/mol. The molecule has 0 bridgehead atoms. The Kier molecular flexibility index (Phi) is 5.24. The van der Waals surface area contributed by atoms with Gasteiger partial charge in [-0.1, -0.05) is 48.5 Å². The van der Waals surface area contributed by atoms with Gasteiger partial charge < -0.3 is 14.2 Å². The first-order valence-corrected chi connectivity index (χ1v) is 9.41. The zero-order valence-corrected chi connectivity index (χ0v) is 15.5. The molecule has 5 heteroatoms. The summed E-state index contributed by atoms with van der Waals surface area (Å²) < 4.78 is 5.35. The van der Waals surface area contributed by atoms with Crippen molar-refractivity contribution in [3.63, 3.8) is 0 Å². The first-order valence-electron chi connectivity index (χ1n) is 9.41. The molecule has 0 spiro atoms. The van der Waals surface area contributed by atoms with E-state index in [1.807, 2.05) is 66.7 Å². The Morgan fingerprint density at radius 1 is 1.00 bits per heavy atom. The lowest BCUT2D eigenvalue weighted by Gasteiger charge is -2.26. The molecule has 142 valence electrons. The van der Waals surface area contributed by atoms with Crippen LogP contribution in [0.25, 0.3) is 0 Å². The van der Waals surface area contributed by atoms with Gasteiger partial charge in [-0.3, -0.25) is 9.59 Å². The predicted molar refractivity (Wildman–Crippen MR) is 106 cm³/mol. The van der Waals surface area contributed by atoms with Gasteiger partial charge in [-0.05, 0) is 29.8 Å². The molecule has 4 rings (SSSR count). The Labute approximate surface area is 164 Å². The predicted octanol–water partition coefficient (Wildman–Crippen LogP) is 3.86. The minimum Gasteiger partial charge on any atom is -0.467 e. The van der Waals surface area contributed by atoms with Gasteiger partial charge in [0.1, 0.15) is 5.76 Å². The first-order chi connectivity index (χ1) is 13.7. The average Bonchev–Trinajstić information content (AvgIpc) is 3.37. The van der Waals surface area contributed by atoms with Crippen molar-refractivity contribution < 1.29 is 14.0 Å². The highest BCUT2D eigenvalue weighted by atomic mass is 16.3. The Morgan fingerprint density at radius 2 is 1.71 bits per heavy atom. The molecule has 1 aliphatic heterocycles. The summed E-state index contributed by atoms with van der Waals surface area (Å²) in [5.74, 6) is 0.338. The highest BCUT2D eigenvalue weighted by Gasteiger charge is 2.37. The van der Waals surface area contributed by atoms with E-state index in [0.29, 0.717) is 19.6 Å². The van der Waals surface area contributed by atoms with Crippen molar-refractivity contribution in [2.24, 2.45) is 5.92 Å². The number of amides is 2. The maximum atomic E-state index is 13.4. The van der Waals surface area contributed by atoms with Gasteiger partial charge >= 0.3 is 0 Å². The summed E-state index contributed by atoms with van der Waals surface area (Å²) in [6, 6.07) is 23.2. The van der Waals surface area contributed by atoms with Crippen LogP contribution >= 0.6 is 0 Å². The fraction of sp³-hybridized carbons (Fsp3) is 0.217. The maximum absolute atomic E-state index is 13.4. The quantitative estimate of drug-likeness (QED) is 0.658. The van der Waals surface area contributed by atoms with Crippen LogP contribution in [0.3, 0.4) is 0 Å². The number of rotatable bonds is 6. The minimum absolute atomic E-state index is 0.0116. The fourth-order valence-corrected chi connectivity index (χ4v) is 3.57. The fourth-order valence-electron chi connectivity index (χ4n) is 3.57. The lowest BCUT2D eigenvalue weighted by Crippen LogP contribution is -2.37. The molecule has 0 unspecified atom stereocenters. The van der Waals surface area contributed by atoms with Crippen molar-refractivity contribution in [1.82, 2.24) is 4.90 Å². The summed E-state index contributed by atoms with van der Waals surface area (Å²) in [4.78, 5) is 29.3. The lowest BCUT2D eigenvalue weighted by atomic mass is 10.1. The van der Waals surface area contributed by atoms with Crippen molar-refractivity contribution in [3.8, 4) is 0 Å². The van der Waals surface area contributed by atoms with Crippen LogP contribution in [0.2, 0.25) is 0 Å². The molecule has 0 radical (unpaired) electrons. The van der Waals surface area contributed by atoms with E-state index in [2.05, 4.69) is 0 Å². The number of nitrogens with zero attached hydrogens (tertiary/aromatic N) is 2. The molecule has 0 saturated carbocycles. The number of likely N-dealkylation sites (tertiary alicyclic amines) is 1. The van der Waals surface area contributed by atoms with Crippen LogP contribution in [0, 0.1) is 5.92 Å². The van der Waals surface area contributed by atoms with Gasteiger partial charge in [0.05, 0.1) is 25.3 Å². The number of benzene rings is 2. The number of para-hydroxylation sites is 1. The van der Waals surface area contributed by atoms with Crippen molar-refractivity contribution in [2.45, 2.75) is 19.5 Å². The van der Waals surface area contributed by atoms with Crippen LogP contribution in [0.15, 0.2) is 83.5 Å². The zero-order valence-electron chi connectivity index (χ0n) is 15.5. The van der Waals surface area contributed by atoms with Crippen molar-refractivity contribution >= 4 is 17.5 Å². The number of anilines is 1. The van der Waals surface area contributed by atoms with E-state index in [4.69, 9.17) is 4.42 Å². The summed E-state index contributed by atoms with van der Waals surface area (Å²) in [7, 11) is 0. The van der Waals surface area contributed by atoms with Crippen LogP contribution in [0.5, 0.6) is 0 Å². The number of furan rings is 1. The van der Waals surface area contributed by atoms with Gasteiger partial charge in [0.15, 0.2) is 0 Å². The summed E-state index contributed by atoms with van der Waals surface area (Å²) in [6.45, 7) is 1.29. The molecule has 5 nitrogen and oxygen atoms in total. The van der Waals surface area contributed by atoms with Crippen LogP contribution in [-0.2, 0) is 22.7 Å². The molecule has 2 heterocycles. The topological polar surface area (TPSA) is 53.8 Å². The Balaban J connectivity index is 1.53. The largest absolute Gasteiger partial charge is 0.467 e. The van der Waals surface area contributed by atoms with Crippen LogP contribution in [0.4, 0.5) is 5.69 Å². The highest BCUT2D eigenvalue weighted by molar-refractivity contribution is 5.99. The van der Waals surface area contributed by atoms with Crippen molar-refractivity contribution in [3.05, 3.63) is 90.4 Å². The van der Waals surface area contributed by atoms with E-state index in [1.54, 1.807) is 22.1 Å². The Bertz CT molecular complexity index is 923. The van der Waals surface area contributed by atoms with E-state index >= 15 is 0 Å². The SMILES string of the molecule is O=C1C[C@H](C(=O)N(Cc2ccccc2)c2ccccc2)CN1Cc1ccco1. The van der Waals surface area contributed by atoms with Gasteiger partial charge in [-0.15, -0.1) is 0 Å². The zero-order chi connectivity index (χ0) is 19.3. The summed E-state index contributed by atoms with van der Waals surface area (Å²) in [5.41, 5.74) is 1.89. The Hall–Kier alpha value is -3.34. The Morgan fingerprint density at radius 3 is 2.39 bits per heavy atom. The molecule has 0 N–H and O–H groups in total. The van der Waals surface area contributed by atoms with E-state index in [-0.39, 0.29) is 24.2 Å². The molecule has 3 aromatic rings. The second-order valence-corrected chi connectivity index (χ2v) is 7.00. The molecule has 1 fully saturated rings. The van der Waals surface area contributed by atoms with Crippen molar-refractivity contribution in [2.75, 3.05) is 11.4 Å². The summed E-state index contributed by atoms with van der Waals surface area (Å²) in [6.07, 6.45) is 1.83. The second-order valence-electron chi connectivity index (χ2n) is 7.00. The molecular weight excluding hydrogens is 352 g/mol. The normalized spacial score (nSPS) is 16.4. The molecule has 2 aromatic carbocycles. The van der Waals surface area contributed by atoms with E-state index in [0.717, 1.165) is 17.0 Å². The van der Waals surface area contributed by atoms with Gasteiger partial charge in [-0.25, -0.2) is 0 Å². The van der Waals surface area contributed by atoms with Gasteiger partial charge in [-0.2, -0.15) is 0 Å². The molecular formula is C23H22N2O3. The lowest BCUT2D eigenvalue weighted by molar-refractivity contribution is -0.129. The standard InChI is InChI=1S/C23H22N2O3/c26-22-14-19(16-24(22)17-21-12-7-13-28-21)23(27)25(20-10-5-2-6-11-20)15-18-8-3-1-4-9-18/h1-13,19H,14-17H2/t19-/m0/s1. The second kappa shape index (κ2) is 8.13.